The fourth-order valence-corrected chi connectivity index (χ4v) is 2.33. The van der Waals surface area contributed by atoms with Gasteiger partial charge in [-0.25, -0.2) is 4.99 Å². The van der Waals surface area contributed by atoms with Crippen molar-refractivity contribution in [3.8, 4) is 0 Å². The average Bonchev–Trinajstić information content (AvgIpc) is 2.55. The highest BCUT2D eigenvalue weighted by Gasteiger charge is 2.09. The number of amides is 1. The maximum absolute atomic E-state index is 11.7. The summed E-state index contributed by atoms with van der Waals surface area (Å²) in [5.41, 5.74) is 0. The number of unbranched alkanes of at least 4 members (excludes halogenated alkanes) is 1. The zero-order valence-electron chi connectivity index (χ0n) is 15.4. The Kier molecular flexibility index (Phi) is 14.7. The Morgan fingerprint density at radius 2 is 1.87 bits per heavy atom. The lowest BCUT2D eigenvalue weighted by Crippen LogP contribution is -2.41. The van der Waals surface area contributed by atoms with Crippen molar-refractivity contribution >= 4 is 11.9 Å². The van der Waals surface area contributed by atoms with Gasteiger partial charge in [0.2, 0.25) is 5.91 Å². The topological polar surface area (TPSA) is 74.8 Å². The zero-order valence-corrected chi connectivity index (χ0v) is 15.4. The van der Waals surface area contributed by atoms with Gasteiger partial charge in [0.15, 0.2) is 5.96 Å². The molecule has 0 saturated heterocycles. The van der Waals surface area contributed by atoms with Gasteiger partial charge in [0, 0.05) is 26.7 Å². The van der Waals surface area contributed by atoms with E-state index in [-0.39, 0.29) is 12.5 Å². The maximum Gasteiger partial charge on any atom is 0.241 e. The molecule has 0 bridgehead atoms. The van der Waals surface area contributed by atoms with Crippen molar-refractivity contribution in [1.29, 1.82) is 0 Å². The van der Waals surface area contributed by atoms with Gasteiger partial charge < -0.3 is 20.7 Å². The molecule has 0 aliphatic heterocycles. The van der Waals surface area contributed by atoms with E-state index in [2.05, 4.69) is 34.8 Å². The van der Waals surface area contributed by atoms with Crippen LogP contribution in [-0.2, 0) is 9.53 Å². The molecule has 1 atom stereocenters. The highest BCUT2D eigenvalue weighted by atomic mass is 16.5. The van der Waals surface area contributed by atoms with Crippen LogP contribution in [0.5, 0.6) is 0 Å². The predicted octanol–water partition coefficient (Wildman–Crippen LogP) is 1.91. The number of nitrogens with one attached hydrogen (secondary N) is 3. The number of aliphatic imine (C=N–C) groups is 1. The molecule has 1 amide bonds. The molecule has 0 aliphatic carbocycles. The van der Waals surface area contributed by atoms with Gasteiger partial charge in [-0.05, 0) is 25.7 Å². The van der Waals surface area contributed by atoms with Gasteiger partial charge in [-0.1, -0.05) is 33.1 Å². The number of hydrogen-bond acceptors (Lipinski definition) is 3. The molecule has 6 nitrogen and oxygen atoms in total. The van der Waals surface area contributed by atoms with Gasteiger partial charge in [0.05, 0.1) is 6.61 Å². The second-order valence-corrected chi connectivity index (χ2v) is 5.72. The van der Waals surface area contributed by atoms with Gasteiger partial charge in [0.25, 0.3) is 0 Å². The van der Waals surface area contributed by atoms with E-state index in [1.165, 1.54) is 32.1 Å². The van der Waals surface area contributed by atoms with Crippen molar-refractivity contribution in [3.05, 3.63) is 0 Å². The van der Waals surface area contributed by atoms with Crippen molar-refractivity contribution in [2.24, 2.45) is 10.9 Å². The Hall–Kier alpha value is -1.30. The third-order valence-corrected chi connectivity index (χ3v) is 3.57. The summed E-state index contributed by atoms with van der Waals surface area (Å²) in [5.74, 6) is 1.29. The lowest BCUT2D eigenvalue weighted by molar-refractivity contribution is -0.119. The first-order valence-corrected chi connectivity index (χ1v) is 8.95. The van der Waals surface area contributed by atoms with Crippen LogP contribution < -0.4 is 16.0 Å². The van der Waals surface area contributed by atoms with Crippen LogP contribution in [0.3, 0.4) is 0 Å². The molecule has 0 spiro atoms. The molecule has 3 N–H and O–H groups in total. The summed E-state index contributed by atoms with van der Waals surface area (Å²) in [7, 11) is 1.61. The van der Waals surface area contributed by atoms with E-state index >= 15 is 0 Å². The van der Waals surface area contributed by atoms with Crippen molar-refractivity contribution in [3.63, 3.8) is 0 Å². The number of rotatable bonds is 13. The molecule has 0 aromatic rings. The Bertz CT molecular complexity index is 322. The van der Waals surface area contributed by atoms with Crippen LogP contribution in [0, 0.1) is 5.92 Å². The largest absolute Gasteiger partial charge is 0.383 e. The Morgan fingerprint density at radius 1 is 1.09 bits per heavy atom. The summed E-state index contributed by atoms with van der Waals surface area (Å²) in [6.45, 7) is 9.33. The Balaban J connectivity index is 4.29. The molecule has 1 unspecified atom stereocenters. The number of carbonyl (C=O) groups is 1. The van der Waals surface area contributed by atoms with Crippen LogP contribution >= 0.6 is 0 Å². The summed E-state index contributed by atoms with van der Waals surface area (Å²) in [6.07, 6.45) is 6.17. The molecule has 0 radical (unpaired) electrons. The van der Waals surface area contributed by atoms with E-state index in [0.29, 0.717) is 25.0 Å². The van der Waals surface area contributed by atoms with Crippen LogP contribution in [0.2, 0.25) is 0 Å². The molecule has 0 aromatic carbocycles. The molecular weight excluding hydrogens is 292 g/mol. The Morgan fingerprint density at radius 3 is 2.48 bits per heavy atom. The highest BCUT2D eigenvalue weighted by Crippen LogP contribution is 2.13. The monoisotopic (exact) mass is 328 g/mol. The summed E-state index contributed by atoms with van der Waals surface area (Å²) in [4.78, 5) is 16.0. The summed E-state index contributed by atoms with van der Waals surface area (Å²) >= 11 is 0. The second-order valence-electron chi connectivity index (χ2n) is 5.72. The first-order chi connectivity index (χ1) is 11.2. The molecule has 0 aromatic heterocycles. The van der Waals surface area contributed by atoms with Crippen molar-refractivity contribution in [1.82, 2.24) is 16.0 Å². The number of methoxy groups -OCH3 is 1. The number of carbonyl (C=O) groups excluding carboxylic acids is 1. The van der Waals surface area contributed by atoms with Crippen molar-refractivity contribution < 1.29 is 9.53 Å². The van der Waals surface area contributed by atoms with Crippen LogP contribution in [0.1, 0.15) is 52.9 Å². The summed E-state index contributed by atoms with van der Waals surface area (Å²) in [5, 5.41) is 9.33. The molecule has 6 heteroatoms. The van der Waals surface area contributed by atoms with E-state index in [4.69, 9.17) is 4.74 Å². The molecule has 0 rings (SSSR count). The van der Waals surface area contributed by atoms with E-state index in [1.807, 2.05) is 6.92 Å². The van der Waals surface area contributed by atoms with Crippen LogP contribution in [-0.4, -0.2) is 51.8 Å². The lowest BCUT2D eigenvalue weighted by Gasteiger charge is -2.18. The summed E-state index contributed by atoms with van der Waals surface area (Å²) in [6, 6.07) is 0. The Labute approximate surface area is 141 Å². The maximum atomic E-state index is 11.7. The van der Waals surface area contributed by atoms with Crippen LogP contribution in [0.4, 0.5) is 0 Å². The van der Waals surface area contributed by atoms with Crippen LogP contribution in [0.15, 0.2) is 4.99 Å². The van der Waals surface area contributed by atoms with E-state index in [1.54, 1.807) is 7.11 Å². The first-order valence-electron chi connectivity index (χ1n) is 8.95. The van der Waals surface area contributed by atoms with Gasteiger partial charge in [0.1, 0.15) is 6.54 Å². The van der Waals surface area contributed by atoms with E-state index in [9.17, 15) is 4.79 Å². The highest BCUT2D eigenvalue weighted by molar-refractivity contribution is 5.84. The third-order valence-electron chi connectivity index (χ3n) is 3.57. The fourth-order valence-electron chi connectivity index (χ4n) is 2.33. The fraction of sp³-hybridized carbons (Fsp3) is 0.882. The van der Waals surface area contributed by atoms with E-state index in [0.717, 1.165) is 13.1 Å². The van der Waals surface area contributed by atoms with E-state index < -0.39 is 0 Å². The number of guanidine groups is 1. The molecule has 0 aliphatic rings. The predicted molar refractivity (Wildman–Crippen MR) is 96.8 cm³/mol. The zero-order chi connectivity index (χ0) is 17.3. The smallest absolute Gasteiger partial charge is 0.241 e. The van der Waals surface area contributed by atoms with Crippen LogP contribution in [0.25, 0.3) is 0 Å². The minimum absolute atomic E-state index is 0.0876. The SMILES string of the molecule is CCCCC(CCC)CNC(=NCC(=O)NCCOC)NCC. The van der Waals surface area contributed by atoms with Gasteiger partial charge in [-0.3, -0.25) is 4.79 Å². The molecule has 0 heterocycles. The second kappa shape index (κ2) is 15.6. The quantitative estimate of drug-likeness (QED) is 0.274. The van der Waals surface area contributed by atoms with Gasteiger partial charge in [-0.15, -0.1) is 0 Å². The standard InChI is InChI=1S/C17H36N4O2/c1-5-8-10-15(9-6-2)13-20-17(18-7-3)21-14-16(22)19-11-12-23-4/h15H,5-14H2,1-4H3,(H,19,22)(H2,18,20,21). The number of hydrogen-bond donors (Lipinski definition) is 3. The average molecular weight is 329 g/mol. The van der Waals surface area contributed by atoms with Crippen molar-refractivity contribution in [2.45, 2.75) is 52.9 Å². The lowest BCUT2D eigenvalue weighted by atomic mass is 9.97. The number of nitrogens with zero attached hydrogens (tertiary/aromatic N) is 1. The normalized spacial score (nSPS) is 12.8. The molecule has 0 fully saturated rings. The van der Waals surface area contributed by atoms with Gasteiger partial charge >= 0.3 is 0 Å². The molecule has 136 valence electrons. The number of ether oxygens (including phenoxy) is 1. The van der Waals surface area contributed by atoms with Gasteiger partial charge in [-0.2, -0.15) is 0 Å². The van der Waals surface area contributed by atoms with Crippen molar-refractivity contribution in [2.75, 3.05) is 39.9 Å². The minimum Gasteiger partial charge on any atom is -0.383 e. The first kappa shape index (κ1) is 21.7. The molecule has 23 heavy (non-hydrogen) atoms. The third kappa shape index (κ3) is 12.9. The molecular formula is C17H36N4O2. The minimum atomic E-state index is -0.0876. The molecule has 0 saturated carbocycles. The summed E-state index contributed by atoms with van der Waals surface area (Å²) < 4.78 is 4.90.